The predicted molar refractivity (Wildman–Crippen MR) is 115 cm³/mol. The Morgan fingerprint density at radius 2 is 1.77 bits per heavy atom. The summed E-state index contributed by atoms with van der Waals surface area (Å²) >= 11 is 0. The number of carbonyl (C=O) groups is 1. The van der Waals surface area contributed by atoms with Gasteiger partial charge in [0.25, 0.3) is 5.91 Å². The van der Waals surface area contributed by atoms with E-state index in [0.29, 0.717) is 18.0 Å². The second kappa shape index (κ2) is 11.4. The van der Waals surface area contributed by atoms with E-state index in [4.69, 9.17) is 14.2 Å². The molecule has 30 heavy (non-hydrogen) atoms. The van der Waals surface area contributed by atoms with Gasteiger partial charge in [0.1, 0.15) is 17.4 Å². The molecule has 0 aliphatic heterocycles. The zero-order valence-electron chi connectivity index (χ0n) is 17.7. The van der Waals surface area contributed by atoms with Crippen LogP contribution >= 0.6 is 0 Å². The van der Waals surface area contributed by atoms with Gasteiger partial charge in [-0.3, -0.25) is 4.79 Å². The second-order valence-electron chi connectivity index (χ2n) is 6.53. The van der Waals surface area contributed by atoms with Gasteiger partial charge in [0.05, 0.1) is 27.4 Å². The molecule has 1 atom stereocenters. The number of nitrogens with one attached hydrogen (secondary N) is 2. The summed E-state index contributed by atoms with van der Waals surface area (Å²) in [6, 6.07) is 14.8. The van der Waals surface area contributed by atoms with Crippen molar-refractivity contribution >= 4 is 5.91 Å². The lowest BCUT2D eigenvalue weighted by molar-refractivity contribution is -0.117. The van der Waals surface area contributed by atoms with Crippen molar-refractivity contribution in [1.29, 1.82) is 5.26 Å². The van der Waals surface area contributed by atoms with E-state index in [1.54, 1.807) is 33.5 Å². The molecule has 0 spiro atoms. The lowest BCUT2D eigenvalue weighted by Crippen LogP contribution is -2.28. The molecule has 2 aromatic carbocycles. The van der Waals surface area contributed by atoms with Crippen LogP contribution in [0.2, 0.25) is 0 Å². The van der Waals surface area contributed by atoms with E-state index in [9.17, 15) is 10.1 Å². The first-order chi connectivity index (χ1) is 14.5. The van der Waals surface area contributed by atoms with Crippen LogP contribution in [0.1, 0.15) is 24.1 Å². The van der Waals surface area contributed by atoms with Crippen LogP contribution in [0.25, 0.3) is 0 Å². The van der Waals surface area contributed by atoms with Crippen LogP contribution in [-0.4, -0.2) is 33.8 Å². The highest BCUT2D eigenvalue weighted by Crippen LogP contribution is 2.29. The molecule has 7 heteroatoms. The summed E-state index contributed by atoms with van der Waals surface area (Å²) in [5.74, 6) is 1.54. The molecule has 0 aliphatic carbocycles. The van der Waals surface area contributed by atoms with Gasteiger partial charge in [-0.1, -0.05) is 18.2 Å². The molecule has 2 aromatic rings. The van der Waals surface area contributed by atoms with Crippen LogP contribution in [0.5, 0.6) is 17.2 Å². The van der Waals surface area contributed by atoms with Crippen LogP contribution in [-0.2, 0) is 11.2 Å². The molecular weight excluding hydrogens is 382 g/mol. The highest BCUT2D eigenvalue weighted by atomic mass is 16.5. The van der Waals surface area contributed by atoms with Gasteiger partial charge in [-0.2, -0.15) is 5.26 Å². The molecule has 2 N–H and O–H groups in total. The minimum absolute atomic E-state index is 0.0112. The number of rotatable bonds is 10. The van der Waals surface area contributed by atoms with Gasteiger partial charge in [0.15, 0.2) is 11.5 Å². The van der Waals surface area contributed by atoms with Crippen LogP contribution in [0, 0.1) is 11.3 Å². The summed E-state index contributed by atoms with van der Waals surface area (Å²) in [4.78, 5) is 12.5. The molecule has 0 radical (unpaired) electrons. The molecule has 1 unspecified atom stereocenters. The quantitative estimate of drug-likeness (QED) is 0.356. The Hall–Kier alpha value is -3.66. The van der Waals surface area contributed by atoms with Crippen molar-refractivity contribution in [2.24, 2.45) is 0 Å². The average Bonchev–Trinajstić information content (AvgIpc) is 2.78. The summed E-state index contributed by atoms with van der Waals surface area (Å²) in [5, 5.41) is 15.2. The van der Waals surface area contributed by atoms with Gasteiger partial charge in [0.2, 0.25) is 0 Å². The molecule has 0 saturated heterocycles. The molecule has 2 rings (SSSR count). The number of ether oxygens (including phenoxy) is 3. The van der Waals surface area contributed by atoms with Crippen molar-refractivity contribution in [3.05, 3.63) is 65.4 Å². The zero-order valence-corrected chi connectivity index (χ0v) is 17.7. The lowest BCUT2D eigenvalue weighted by atomic mass is 10.1. The maximum Gasteiger partial charge on any atom is 0.263 e. The van der Waals surface area contributed by atoms with Crippen LogP contribution in [0.4, 0.5) is 0 Å². The van der Waals surface area contributed by atoms with Crippen molar-refractivity contribution < 1.29 is 19.0 Å². The number of nitriles is 1. The molecule has 0 aromatic heterocycles. The van der Waals surface area contributed by atoms with Gasteiger partial charge in [-0.15, -0.1) is 0 Å². The van der Waals surface area contributed by atoms with Crippen molar-refractivity contribution in [2.45, 2.75) is 19.4 Å². The fourth-order valence-corrected chi connectivity index (χ4v) is 2.81. The molecule has 1 amide bonds. The Morgan fingerprint density at radius 1 is 1.07 bits per heavy atom. The highest BCUT2D eigenvalue weighted by molar-refractivity contribution is 5.97. The smallest absolute Gasteiger partial charge is 0.263 e. The van der Waals surface area contributed by atoms with Crippen LogP contribution < -0.4 is 24.8 Å². The fraction of sp³-hybridized carbons (Fsp3) is 0.304. The van der Waals surface area contributed by atoms with E-state index in [1.165, 1.54) is 6.20 Å². The number of carbonyl (C=O) groups excluding carboxylic acids is 1. The van der Waals surface area contributed by atoms with Crippen molar-refractivity contribution in [2.75, 3.05) is 27.9 Å². The number of benzene rings is 2. The Morgan fingerprint density at radius 3 is 2.37 bits per heavy atom. The Balaban J connectivity index is 1.92. The third-order valence-corrected chi connectivity index (χ3v) is 4.58. The Bertz CT molecular complexity index is 917. The standard InChI is InChI=1S/C23H27N3O4/c1-16(18-7-10-21(29-3)22(13-18)30-4)26-23(27)19(14-24)15-25-12-11-17-5-8-20(28-2)9-6-17/h5-10,13,15-16,25H,11-12H2,1-4H3,(H,26,27)/b19-15-. The molecule has 0 fully saturated rings. The van der Waals surface area contributed by atoms with Gasteiger partial charge in [0, 0.05) is 12.7 Å². The van der Waals surface area contributed by atoms with E-state index in [2.05, 4.69) is 10.6 Å². The van der Waals surface area contributed by atoms with E-state index >= 15 is 0 Å². The molecule has 0 aliphatic rings. The second-order valence-corrected chi connectivity index (χ2v) is 6.53. The molecule has 158 valence electrons. The normalized spacial score (nSPS) is 11.8. The molecule has 0 heterocycles. The van der Waals surface area contributed by atoms with E-state index in [-0.39, 0.29) is 11.6 Å². The summed E-state index contributed by atoms with van der Waals surface area (Å²) in [7, 11) is 4.75. The third-order valence-electron chi connectivity index (χ3n) is 4.58. The Kier molecular flexibility index (Phi) is 8.57. The number of nitrogens with zero attached hydrogens (tertiary/aromatic N) is 1. The van der Waals surface area contributed by atoms with Crippen molar-refractivity contribution in [3.63, 3.8) is 0 Å². The first-order valence-corrected chi connectivity index (χ1v) is 9.51. The van der Waals surface area contributed by atoms with Crippen molar-refractivity contribution in [1.82, 2.24) is 10.6 Å². The van der Waals surface area contributed by atoms with Gasteiger partial charge in [-0.05, 0) is 48.7 Å². The molecule has 0 bridgehead atoms. The number of hydrogen-bond donors (Lipinski definition) is 2. The Labute approximate surface area is 177 Å². The predicted octanol–water partition coefficient (Wildman–Crippen LogP) is 3.13. The SMILES string of the molecule is COc1ccc(CCN/C=C(/C#N)C(=O)NC(C)c2ccc(OC)c(OC)c2)cc1. The van der Waals surface area contributed by atoms with Gasteiger partial charge < -0.3 is 24.8 Å². The summed E-state index contributed by atoms with van der Waals surface area (Å²) in [6.07, 6.45) is 2.20. The number of amides is 1. The first kappa shape index (κ1) is 22.6. The largest absolute Gasteiger partial charge is 0.497 e. The molecular formula is C23H27N3O4. The zero-order chi connectivity index (χ0) is 21.9. The van der Waals surface area contributed by atoms with Crippen LogP contribution in [0.3, 0.4) is 0 Å². The van der Waals surface area contributed by atoms with Crippen LogP contribution in [0.15, 0.2) is 54.2 Å². The summed E-state index contributed by atoms with van der Waals surface area (Å²) < 4.78 is 15.7. The van der Waals surface area contributed by atoms with Gasteiger partial charge in [-0.25, -0.2) is 0 Å². The fourth-order valence-electron chi connectivity index (χ4n) is 2.81. The summed E-state index contributed by atoms with van der Waals surface area (Å²) in [6.45, 7) is 2.43. The minimum atomic E-state index is -0.447. The summed E-state index contributed by atoms with van der Waals surface area (Å²) in [5.41, 5.74) is 1.98. The minimum Gasteiger partial charge on any atom is -0.497 e. The molecule has 7 nitrogen and oxygen atoms in total. The first-order valence-electron chi connectivity index (χ1n) is 9.51. The monoisotopic (exact) mass is 409 g/mol. The average molecular weight is 409 g/mol. The maximum absolute atomic E-state index is 12.5. The molecule has 0 saturated carbocycles. The number of hydrogen-bond acceptors (Lipinski definition) is 6. The number of methoxy groups -OCH3 is 3. The topological polar surface area (TPSA) is 92.6 Å². The highest BCUT2D eigenvalue weighted by Gasteiger charge is 2.15. The maximum atomic E-state index is 12.5. The third kappa shape index (κ3) is 6.17. The lowest BCUT2D eigenvalue weighted by Gasteiger charge is -2.16. The van der Waals surface area contributed by atoms with E-state index in [1.807, 2.05) is 43.3 Å². The van der Waals surface area contributed by atoms with E-state index < -0.39 is 5.91 Å². The van der Waals surface area contributed by atoms with Crippen molar-refractivity contribution in [3.8, 4) is 23.3 Å². The van der Waals surface area contributed by atoms with Gasteiger partial charge >= 0.3 is 0 Å². The van der Waals surface area contributed by atoms with E-state index in [0.717, 1.165) is 23.3 Å².